The fourth-order valence-corrected chi connectivity index (χ4v) is 4.52. The Morgan fingerprint density at radius 1 is 1.00 bits per heavy atom. The van der Waals surface area contributed by atoms with E-state index < -0.39 is 0 Å². The predicted molar refractivity (Wildman–Crippen MR) is 107 cm³/mol. The zero-order valence-electron chi connectivity index (χ0n) is 15.8. The van der Waals surface area contributed by atoms with Crippen molar-refractivity contribution in [2.45, 2.75) is 51.5 Å². The minimum atomic E-state index is -0.188. The van der Waals surface area contributed by atoms with E-state index in [0.29, 0.717) is 13.0 Å². The highest BCUT2D eigenvalue weighted by Gasteiger charge is 2.30. The number of nitrogens with zero attached hydrogens (tertiary/aromatic N) is 1. The van der Waals surface area contributed by atoms with Crippen LogP contribution in [0.4, 0.5) is 5.69 Å². The van der Waals surface area contributed by atoms with Gasteiger partial charge in [-0.3, -0.25) is 9.59 Å². The normalized spacial score (nSPS) is 18.4. The zero-order chi connectivity index (χ0) is 18.8. The van der Waals surface area contributed by atoms with Crippen LogP contribution in [-0.2, 0) is 28.9 Å². The lowest BCUT2D eigenvalue weighted by Gasteiger charge is -2.36. The zero-order valence-corrected chi connectivity index (χ0v) is 15.8. The van der Waals surface area contributed by atoms with Gasteiger partial charge in [-0.1, -0.05) is 36.4 Å². The van der Waals surface area contributed by atoms with Crippen LogP contribution < -0.4 is 5.32 Å². The number of rotatable bonds is 3. The molecule has 1 N–H and O–H groups in total. The Morgan fingerprint density at radius 2 is 1.78 bits per heavy atom. The first kappa shape index (κ1) is 17.8. The second kappa shape index (κ2) is 7.55. The Hall–Kier alpha value is -2.62. The Labute approximate surface area is 160 Å². The molecule has 0 aromatic heterocycles. The number of carbonyl (C=O) groups excluding carboxylic acids is 2. The summed E-state index contributed by atoms with van der Waals surface area (Å²) in [6.45, 7) is 2.26. The number of benzene rings is 2. The number of nitrogens with one attached hydrogen (secondary N) is 1. The molecule has 4 nitrogen and oxygen atoms in total. The van der Waals surface area contributed by atoms with E-state index in [0.717, 1.165) is 30.5 Å². The highest BCUT2D eigenvalue weighted by Crippen LogP contribution is 2.33. The summed E-state index contributed by atoms with van der Waals surface area (Å²) in [5.74, 6) is 0.00122. The molecule has 2 aliphatic rings. The molecule has 1 aliphatic carbocycles. The van der Waals surface area contributed by atoms with Gasteiger partial charge in [0.1, 0.15) is 0 Å². The van der Waals surface area contributed by atoms with Gasteiger partial charge in [0.05, 0.1) is 12.5 Å². The largest absolute Gasteiger partial charge is 0.335 e. The summed E-state index contributed by atoms with van der Waals surface area (Å²) >= 11 is 0. The van der Waals surface area contributed by atoms with E-state index in [2.05, 4.69) is 17.4 Å². The van der Waals surface area contributed by atoms with Crippen molar-refractivity contribution in [1.82, 2.24) is 4.90 Å². The number of hydrogen-bond acceptors (Lipinski definition) is 2. The van der Waals surface area contributed by atoms with Crippen LogP contribution in [0.5, 0.6) is 0 Å². The molecule has 1 heterocycles. The third-order valence-corrected chi connectivity index (χ3v) is 5.87. The minimum absolute atomic E-state index is 0.0260. The van der Waals surface area contributed by atoms with Crippen LogP contribution in [0.2, 0.25) is 0 Å². The van der Waals surface area contributed by atoms with E-state index in [1.807, 2.05) is 35.2 Å². The first-order valence-electron chi connectivity index (χ1n) is 9.89. The fraction of sp³-hybridized carbons (Fsp3) is 0.391. The molecular weight excluding hydrogens is 336 g/mol. The van der Waals surface area contributed by atoms with Gasteiger partial charge in [-0.2, -0.15) is 0 Å². The molecule has 0 spiro atoms. The van der Waals surface area contributed by atoms with Crippen LogP contribution in [0.25, 0.3) is 0 Å². The topological polar surface area (TPSA) is 49.4 Å². The number of hydrogen-bond donors (Lipinski definition) is 1. The maximum absolute atomic E-state index is 12.9. The van der Waals surface area contributed by atoms with Gasteiger partial charge in [0.15, 0.2) is 0 Å². The first-order valence-corrected chi connectivity index (χ1v) is 9.89. The van der Waals surface area contributed by atoms with Crippen LogP contribution in [0.15, 0.2) is 42.5 Å². The molecule has 4 heteroatoms. The van der Waals surface area contributed by atoms with E-state index in [9.17, 15) is 9.59 Å². The van der Waals surface area contributed by atoms with Crippen molar-refractivity contribution in [1.29, 1.82) is 0 Å². The molecule has 2 amide bonds. The molecule has 2 aromatic rings. The summed E-state index contributed by atoms with van der Waals surface area (Å²) in [4.78, 5) is 26.9. The van der Waals surface area contributed by atoms with Gasteiger partial charge in [0.25, 0.3) is 0 Å². The summed E-state index contributed by atoms with van der Waals surface area (Å²) in [5.41, 5.74) is 5.92. The summed E-state index contributed by atoms with van der Waals surface area (Å²) in [7, 11) is 0. The van der Waals surface area contributed by atoms with Gasteiger partial charge in [-0.25, -0.2) is 0 Å². The van der Waals surface area contributed by atoms with E-state index in [1.54, 1.807) is 6.92 Å². The van der Waals surface area contributed by atoms with E-state index in [-0.39, 0.29) is 17.9 Å². The predicted octanol–water partition coefficient (Wildman–Crippen LogP) is 4.04. The van der Waals surface area contributed by atoms with Crippen molar-refractivity contribution in [3.63, 3.8) is 0 Å². The van der Waals surface area contributed by atoms with E-state index >= 15 is 0 Å². The third-order valence-electron chi connectivity index (χ3n) is 5.87. The standard InChI is InChI=1S/C23H26N2O2/c1-16(26)25-14-13-18-8-3-5-11-20(18)22(25)15-23(27)24-21-12-6-9-17-7-2-4-10-19(17)21/h3,5-6,8-9,11-12,22H,2,4,7,10,13-15H2,1H3,(H,24,27). The summed E-state index contributed by atoms with van der Waals surface area (Å²) in [6, 6.07) is 14.2. The van der Waals surface area contributed by atoms with Crippen molar-refractivity contribution in [3.05, 3.63) is 64.7 Å². The molecule has 27 heavy (non-hydrogen) atoms. The Balaban J connectivity index is 1.56. The van der Waals surface area contributed by atoms with E-state index in [1.165, 1.54) is 29.5 Å². The van der Waals surface area contributed by atoms with Crippen molar-refractivity contribution in [3.8, 4) is 0 Å². The molecule has 0 fully saturated rings. The average Bonchev–Trinajstić information content (AvgIpc) is 2.68. The van der Waals surface area contributed by atoms with Crippen molar-refractivity contribution in [2.24, 2.45) is 0 Å². The molecule has 2 aromatic carbocycles. The molecule has 1 atom stereocenters. The van der Waals surface area contributed by atoms with Crippen LogP contribution in [0, 0.1) is 0 Å². The smallest absolute Gasteiger partial charge is 0.226 e. The van der Waals surface area contributed by atoms with Gasteiger partial charge in [-0.15, -0.1) is 0 Å². The second-order valence-electron chi connectivity index (χ2n) is 7.58. The van der Waals surface area contributed by atoms with Crippen molar-refractivity contribution >= 4 is 17.5 Å². The molecule has 0 saturated heterocycles. The number of carbonyl (C=O) groups is 2. The summed E-state index contributed by atoms with van der Waals surface area (Å²) in [6.07, 6.45) is 5.65. The summed E-state index contributed by atoms with van der Waals surface area (Å²) < 4.78 is 0. The quantitative estimate of drug-likeness (QED) is 0.896. The Kier molecular flexibility index (Phi) is 4.97. The maximum Gasteiger partial charge on any atom is 0.226 e. The van der Waals surface area contributed by atoms with Crippen LogP contribution in [0.3, 0.4) is 0 Å². The van der Waals surface area contributed by atoms with Gasteiger partial charge in [0, 0.05) is 19.2 Å². The SMILES string of the molecule is CC(=O)N1CCc2ccccc2C1CC(=O)Nc1cccc2c1CCCC2. The highest BCUT2D eigenvalue weighted by molar-refractivity contribution is 5.92. The molecule has 1 unspecified atom stereocenters. The van der Waals surface area contributed by atoms with Crippen LogP contribution in [-0.4, -0.2) is 23.3 Å². The summed E-state index contributed by atoms with van der Waals surface area (Å²) in [5, 5.41) is 3.13. The lowest BCUT2D eigenvalue weighted by molar-refractivity contribution is -0.132. The van der Waals surface area contributed by atoms with Crippen LogP contribution in [0.1, 0.15) is 54.5 Å². The average molecular weight is 362 g/mol. The molecule has 0 saturated carbocycles. The number of amides is 2. The van der Waals surface area contributed by atoms with E-state index in [4.69, 9.17) is 0 Å². The monoisotopic (exact) mass is 362 g/mol. The molecule has 1 aliphatic heterocycles. The molecule has 0 bridgehead atoms. The highest BCUT2D eigenvalue weighted by atomic mass is 16.2. The Bertz CT molecular complexity index is 874. The van der Waals surface area contributed by atoms with Crippen molar-refractivity contribution < 1.29 is 9.59 Å². The number of anilines is 1. The van der Waals surface area contributed by atoms with Gasteiger partial charge in [-0.05, 0) is 60.4 Å². The van der Waals surface area contributed by atoms with Crippen LogP contribution >= 0.6 is 0 Å². The lowest BCUT2D eigenvalue weighted by atomic mass is 9.89. The fourth-order valence-electron chi connectivity index (χ4n) is 4.52. The molecule has 140 valence electrons. The Morgan fingerprint density at radius 3 is 2.63 bits per heavy atom. The van der Waals surface area contributed by atoms with Gasteiger partial charge >= 0.3 is 0 Å². The minimum Gasteiger partial charge on any atom is -0.335 e. The van der Waals surface area contributed by atoms with Gasteiger partial charge in [0.2, 0.25) is 11.8 Å². The lowest BCUT2D eigenvalue weighted by Crippen LogP contribution is -2.40. The second-order valence-corrected chi connectivity index (χ2v) is 7.58. The van der Waals surface area contributed by atoms with Gasteiger partial charge < -0.3 is 10.2 Å². The third kappa shape index (κ3) is 3.61. The molecule has 0 radical (unpaired) electrons. The number of fused-ring (bicyclic) bond motifs is 2. The maximum atomic E-state index is 12.9. The van der Waals surface area contributed by atoms with Crippen molar-refractivity contribution in [2.75, 3.05) is 11.9 Å². The first-order chi connectivity index (χ1) is 13.1. The number of aryl methyl sites for hydroxylation is 1. The molecular formula is C23H26N2O2. The molecule has 4 rings (SSSR count).